The normalized spacial score (nSPS) is 19.7. The summed E-state index contributed by atoms with van der Waals surface area (Å²) in [6.07, 6.45) is 2.41. The molecule has 0 aliphatic carbocycles. The third-order valence-electron chi connectivity index (χ3n) is 5.13. The van der Waals surface area contributed by atoms with Crippen LogP contribution in [-0.2, 0) is 19.5 Å². The van der Waals surface area contributed by atoms with Crippen LogP contribution in [-0.4, -0.2) is 55.1 Å². The van der Waals surface area contributed by atoms with Gasteiger partial charge in [0.25, 0.3) is 5.56 Å². The zero-order valence-electron chi connectivity index (χ0n) is 15.3. The number of halogens is 2. The van der Waals surface area contributed by atoms with Crippen molar-refractivity contribution in [2.45, 2.75) is 24.0 Å². The number of piperidine rings is 1. The Morgan fingerprint density at radius 2 is 1.66 bits per heavy atom. The quantitative estimate of drug-likeness (QED) is 0.696. The predicted molar refractivity (Wildman–Crippen MR) is 107 cm³/mol. The maximum Gasteiger partial charge on any atom is 0.291 e. The van der Waals surface area contributed by atoms with Crippen LogP contribution in [0.3, 0.4) is 0 Å². The second-order valence-corrected chi connectivity index (χ2v) is 9.59. The number of hydrogen-bond acceptors (Lipinski definition) is 6. The van der Waals surface area contributed by atoms with Crippen molar-refractivity contribution in [3.05, 3.63) is 50.9 Å². The van der Waals surface area contributed by atoms with Gasteiger partial charge < -0.3 is 9.47 Å². The maximum absolute atomic E-state index is 13.0. The first-order valence-electron chi connectivity index (χ1n) is 9.15. The van der Waals surface area contributed by atoms with E-state index in [1.165, 1.54) is 34.8 Å². The van der Waals surface area contributed by atoms with Crippen molar-refractivity contribution in [1.29, 1.82) is 0 Å². The van der Waals surface area contributed by atoms with E-state index in [-0.39, 0.29) is 27.1 Å². The smallest absolute Gasteiger partial charge is 0.291 e. The third kappa shape index (κ3) is 4.08. The van der Waals surface area contributed by atoms with Crippen molar-refractivity contribution < 1.29 is 17.9 Å². The van der Waals surface area contributed by atoms with E-state index in [0.29, 0.717) is 44.8 Å². The van der Waals surface area contributed by atoms with Gasteiger partial charge in [0.05, 0.1) is 35.0 Å². The minimum Gasteiger partial charge on any atom is -0.350 e. The van der Waals surface area contributed by atoms with Gasteiger partial charge in [-0.2, -0.15) is 14.1 Å². The van der Waals surface area contributed by atoms with Crippen molar-refractivity contribution in [1.82, 2.24) is 14.1 Å². The lowest BCUT2D eigenvalue weighted by molar-refractivity contribution is -0.0938. The third-order valence-corrected chi connectivity index (χ3v) is 7.79. The Bertz CT molecular complexity index is 1040. The molecule has 0 unspecified atom stereocenters. The Hall–Kier alpha value is -1.49. The molecule has 1 aromatic heterocycles. The summed E-state index contributed by atoms with van der Waals surface area (Å²) in [5.41, 5.74) is -0.185. The summed E-state index contributed by atoms with van der Waals surface area (Å²) in [6.45, 7) is 2.00. The van der Waals surface area contributed by atoms with Crippen molar-refractivity contribution in [2.75, 3.05) is 26.3 Å². The second kappa shape index (κ2) is 8.33. The lowest BCUT2D eigenvalue weighted by Crippen LogP contribution is -2.41. The van der Waals surface area contributed by atoms with Gasteiger partial charge in [0.15, 0.2) is 6.29 Å². The van der Waals surface area contributed by atoms with Gasteiger partial charge in [0.1, 0.15) is 5.02 Å². The van der Waals surface area contributed by atoms with Crippen molar-refractivity contribution in [3.63, 3.8) is 0 Å². The molecule has 11 heteroatoms. The monoisotopic (exact) mass is 459 g/mol. The molecule has 0 bridgehead atoms. The fourth-order valence-corrected chi connectivity index (χ4v) is 5.27. The van der Waals surface area contributed by atoms with E-state index < -0.39 is 15.6 Å². The summed E-state index contributed by atoms with van der Waals surface area (Å²) in [4.78, 5) is 12.3. The first kappa shape index (κ1) is 20.8. The summed E-state index contributed by atoms with van der Waals surface area (Å²) in [6, 6.07) is 5.93. The Morgan fingerprint density at radius 1 is 1.03 bits per heavy atom. The van der Waals surface area contributed by atoms with Gasteiger partial charge in [-0.15, -0.1) is 0 Å². The molecule has 2 aliphatic rings. The highest BCUT2D eigenvalue weighted by Crippen LogP contribution is 2.29. The lowest BCUT2D eigenvalue weighted by Gasteiger charge is -2.33. The number of benzene rings is 1. The van der Waals surface area contributed by atoms with E-state index in [9.17, 15) is 13.2 Å². The van der Waals surface area contributed by atoms with Gasteiger partial charge in [-0.25, -0.2) is 8.42 Å². The van der Waals surface area contributed by atoms with Gasteiger partial charge in [-0.3, -0.25) is 4.79 Å². The highest BCUT2D eigenvalue weighted by Gasteiger charge is 2.34. The van der Waals surface area contributed by atoms with Crippen molar-refractivity contribution in [2.24, 2.45) is 5.92 Å². The molecule has 0 spiro atoms. The average Bonchev–Trinajstić information content (AvgIpc) is 3.27. The van der Waals surface area contributed by atoms with Gasteiger partial charge in [0, 0.05) is 19.0 Å². The van der Waals surface area contributed by atoms with Gasteiger partial charge in [0.2, 0.25) is 10.0 Å². The van der Waals surface area contributed by atoms with Gasteiger partial charge in [-0.1, -0.05) is 23.2 Å². The van der Waals surface area contributed by atoms with E-state index in [1.54, 1.807) is 0 Å². The van der Waals surface area contributed by atoms with E-state index in [1.807, 2.05) is 0 Å². The summed E-state index contributed by atoms with van der Waals surface area (Å²) < 4.78 is 39.5. The van der Waals surface area contributed by atoms with Crippen LogP contribution in [0.1, 0.15) is 12.8 Å². The molecule has 2 fully saturated rings. The zero-order chi connectivity index (χ0) is 20.6. The molecular weight excluding hydrogens is 441 g/mol. The Kier molecular flexibility index (Phi) is 5.97. The maximum atomic E-state index is 13.0. The number of aromatic nitrogens is 2. The molecule has 2 saturated heterocycles. The lowest BCUT2D eigenvalue weighted by atomic mass is 9.98. The topological polar surface area (TPSA) is 90.7 Å². The highest BCUT2D eigenvalue weighted by molar-refractivity contribution is 7.89. The SMILES string of the molecule is O=c1c(Cl)c(Cl)cnn1-c1ccc(S(=O)(=O)N2CCC(C3OCCO3)CC2)cc1. The Balaban J connectivity index is 1.50. The molecule has 4 rings (SSSR count). The molecule has 8 nitrogen and oxygen atoms in total. The molecule has 3 heterocycles. The fraction of sp³-hybridized carbons (Fsp3) is 0.444. The van der Waals surface area contributed by atoms with Crippen LogP contribution in [0.25, 0.3) is 5.69 Å². The summed E-state index contributed by atoms with van der Waals surface area (Å²) >= 11 is 11.7. The fourth-order valence-electron chi connectivity index (χ4n) is 3.54. The van der Waals surface area contributed by atoms with E-state index in [0.717, 1.165) is 4.68 Å². The second-order valence-electron chi connectivity index (χ2n) is 6.87. The van der Waals surface area contributed by atoms with E-state index in [4.69, 9.17) is 32.7 Å². The summed E-state index contributed by atoms with van der Waals surface area (Å²) in [7, 11) is -3.64. The molecule has 0 amide bonds. The number of nitrogens with zero attached hydrogens (tertiary/aromatic N) is 3. The van der Waals surface area contributed by atoms with Crippen LogP contribution in [0.5, 0.6) is 0 Å². The summed E-state index contributed by atoms with van der Waals surface area (Å²) in [5.74, 6) is 0.207. The molecule has 0 atom stereocenters. The van der Waals surface area contributed by atoms with Crippen molar-refractivity contribution >= 4 is 33.2 Å². The predicted octanol–water partition coefficient (Wildman–Crippen LogP) is 2.31. The zero-order valence-corrected chi connectivity index (χ0v) is 17.7. The molecule has 1 aromatic carbocycles. The van der Waals surface area contributed by atoms with E-state index >= 15 is 0 Å². The largest absolute Gasteiger partial charge is 0.350 e. The number of rotatable bonds is 4. The molecule has 156 valence electrons. The number of hydrogen-bond donors (Lipinski definition) is 0. The van der Waals surface area contributed by atoms with Crippen LogP contribution >= 0.6 is 23.2 Å². The number of sulfonamides is 1. The average molecular weight is 460 g/mol. The molecule has 2 aliphatic heterocycles. The minimum atomic E-state index is -3.64. The Morgan fingerprint density at radius 3 is 2.28 bits per heavy atom. The molecule has 2 aromatic rings. The van der Waals surface area contributed by atoms with E-state index in [2.05, 4.69) is 5.10 Å². The first-order valence-corrected chi connectivity index (χ1v) is 11.3. The standard InChI is InChI=1S/C18H19Cl2N3O5S/c19-15-11-21-23(17(24)16(15)20)13-1-3-14(4-2-13)29(25,26)22-7-5-12(6-8-22)18-27-9-10-28-18/h1-4,11-12,18H,5-10H2. The Labute approximate surface area is 178 Å². The van der Waals surface area contributed by atoms with Crippen molar-refractivity contribution in [3.8, 4) is 5.69 Å². The minimum absolute atomic E-state index is 0.0592. The molecule has 0 saturated carbocycles. The van der Waals surface area contributed by atoms with Gasteiger partial charge in [-0.05, 0) is 37.1 Å². The van der Waals surface area contributed by atoms with Gasteiger partial charge >= 0.3 is 0 Å². The molecule has 0 N–H and O–H groups in total. The first-order chi connectivity index (χ1) is 13.9. The number of ether oxygens (including phenoxy) is 2. The molecule has 0 radical (unpaired) electrons. The van der Waals surface area contributed by atoms with Crippen LogP contribution < -0.4 is 5.56 Å². The highest BCUT2D eigenvalue weighted by atomic mass is 35.5. The summed E-state index contributed by atoms with van der Waals surface area (Å²) in [5, 5.41) is 3.86. The molecule has 29 heavy (non-hydrogen) atoms. The van der Waals surface area contributed by atoms with Crippen LogP contribution in [0.15, 0.2) is 40.2 Å². The van der Waals surface area contributed by atoms with Crippen LogP contribution in [0, 0.1) is 5.92 Å². The van der Waals surface area contributed by atoms with Crippen LogP contribution in [0.4, 0.5) is 0 Å². The molecular formula is C18H19Cl2N3O5S. The van der Waals surface area contributed by atoms with Crippen LogP contribution in [0.2, 0.25) is 10.0 Å².